The second kappa shape index (κ2) is 5.17. The van der Waals surface area contributed by atoms with E-state index < -0.39 is 0 Å². The predicted octanol–water partition coefficient (Wildman–Crippen LogP) is 2.89. The Morgan fingerprint density at radius 3 is 3.00 bits per heavy atom. The number of nitrogens with zero attached hydrogens (tertiary/aromatic N) is 2. The second-order valence-corrected chi connectivity index (χ2v) is 5.35. The predicted molar refractivity (Wildman–Crippen MR) is 78.6 cm³/mol. The largest absolute Gasteiger partial charge is 0.394 e. The Morgan fingerprint density at radius 1 is 1.32 bits per heavy atom. The fraction of sp³-hybridized carbons (Fsp3) is 0.438. The van der Waals surface area contributed by atoms with Crippen LogP contribution < -0.4 is 4.90 Å². The van der Waals surface area contributed by atoms with Crippen molar-refractivity contribution in [2.45, 2.75) is 32.2 Å². The normalized spacial score (nSPS) is 19.9. The number of aliphatic hydroxyl groups excluding tert-OH is 1. The number of fused-ring (bicyclic) bond motifs is 1. The quantitative estimate of drug-likeness (QED) is 0.897. The van der Waals surface area contributed by atoms with Gasteiger partial charge in [-0.2, -0.15) is 0 Å². The summed E-state index contributed by atoms with van der Waals surface area (Å²) in [6.45, 7) is 3.32. The molecule has 1 aromatic carbocycles. The van der Waals surface area contributed by atoms with Crippen molar-refractivity contribution < 1.29 is 5.11 Å². The molecule has 1 atom stereocenters. The summed E-state index contributed by atoms with van der Waals surface area (Å²) >= 11 is 0. The number of piperidine rings is 1. The minimum absolute atomic E-state index is 0.216. The van der Waals surface area contributed by atoms with Crippen molar-refractivity contribution in [3.8, 4) is 0 Å². The van der Waals surface area contributed by atoms with E-state index in [1.54, 1.807) is 0 Å². The third kappa shape index (κ3) is 2.30. The van der Waals surface area contributed by atoms with Gasteiger partial charge >= 0.3 is 0 Å². The zero-order valence-electron chi connectivity index (χ0n) is 11.3. The number of para-hydroxylation sites is 1. The minimum Gasteiger partial charge on any atom is -0.394 e. The Bertz CT molecular complexity index is 582. The zero-order chi connectivity index (χ0) is 13.2. The SMILES string of the molecule is Cc1cc2ccccc2nc1N1CCCCC1CO. The Morgan fingerprint density at radius 2 is 2.16 bits per heavy atom. The van der Waals surface area contributed by atoms with Gasteiger partial charge in [0.2, 0.25) is 0 Å². The fourth-order valence-corrected chi connectivity index (χ4v) is 2.97. The van der Waals surface area contributed by atoms with Gasteiger partial charge < -0.3 is 10.0 Å². The third-order valence-electron chi connectivity index (χ3n) is 4.00. The van der Waals surface area contributed by atoms with Gasteiger partial charge in [0.25, 0.3) is 0 Å². The van der Waals surface area contributed by atoms with Gasteiger partial charge in [0.1, 0.15) is 5.82 Å². The van der Waals surface area contributed by atoms with Gasteiger partial charge in [0.15, 0.2) is 0 Å². The van der Waals surface area contributed by atoms with E-state index in [4.69, 9.17) is 4.98 Å². The third-order valence-corrected chi connectivity index (χ3v) is 4.00. The number of aliphatic hydroxyl groups is 1. The van der Waals surface area contributed by atoms with E-state index in [-0.39, 0.29) is 12.6 Å². The number of hydrogen-bond acceptors (Lipinski definition) is 3. The van der Waals surface area contributed by atoms with Gasteiger partial charge in [-0.25, -0.2) is 4.98 Å². The van der Waals surface area contributed by atoms with E-state index in [2.05, 4.69) is 30.0 Å². The molecule has 1 aliphatic rings. The molecule has 1 unspecified atom stereocenters. The van der Waals surface area contributed by atoms with Crippen LogP contribution in [0.4, 0.5) is 5.82 Å². The summed E-state index contributed by atoms with van der Waals surface area (Å²) in [7, 11) is 0. The average Bonchev–Trinajstić information content (AvgIpc) is 2.46. The van der Waals surface area contributed by atoms with E-state index in [9.17, 15) is 5.11 Å². The molecule has 3 rings (SSSR count). The summed E-state index contributed by atoms with van der Waals surface area (Å²) in [5.74, 6) is 1.04. The van der Waals surface area contributed by atoms with E-state index in [1.807, 2.05) is 12.1 Å². The van der Waals surface area contributed by atoms with Crippen LogP contribution in [0.3, 0.4) is 0 Å². The molecular formula is C16H20N2O. The van der Waals surface area contributed by atoms with E-state index in [0.717, 1.165) is 24.3 Å². The maximum Gasteiger partial charge on any atom is 0.132 e. The summed E-state index contributed by atoms with van der Waals surface area (Å²) < 4.78 is 0. The molecule has 0 saturated carbocycles. The van der Waals surface area contributed by atoms with E-state index in [0.29, 0.717) is 0 Å². The molecule has 1 fully saturated rings. The van der Waals surface area contributed by atoms with Crippen LogP contribution in [-0.4, -0.2) is 29.3 Å². The lowest BCUT2D eigenvalue weighted by Gasteiger charge is -2.36. The van der Waals surface area contributed by atoms with Gasteiger partial charge in [-0.15, -0.1) is 0 Å². The van der Waals surface area contributed by atoms with Crippen molar-refractivity contribution in [2.24, 2.45) is 0 Å². The number of pyridine rings is 1. The maximum atomic E-state index is 9.56. The van der Waals surface area contributed by atoms with Crippen LogP contribution in [0.25, 0.3) is 10.9 Å². The summed E-state index contributed by atoms with van der Waals surface area (Å²) in [6, 6.07) is 10.6. The molecule has 0 bridgehead atoms. The van der Waals surface area contributed by atoms with Crippen LogP contribution in [0.15, 0.2) is 30.3 Å². The summed E-state index contributed by atoms with van der Waals surface area (Å²) in [4.78, 5) is 7.09. The molecule has 1 aliphatic heterocycles. The average molecular weight is 256 g/mol. The Hall–Kier alpha value is -1.61. The number of hydrogen-bond donors (Lipinski definition) is 1. The molecular weight excluding hydrogens is 236 g/mol. The highest BCUT2D eigenvalue weighted by Crippen LogP contribution is 2.28. The Kier molecular flexibility index (Phi) is 3.38. The molecule has 1 N–H and O–H groups in total. The first-order valence-electron chi connectivity index (χ1n) is 7.03. The monoisotopic (exact) mass is 256 g/mol. The highest BCUT2D eigenvalue weighted by atomic mass is 16.3. The first-order chi connectivity index (χ1) is 9.29. The molecule has 3 heteroatoms. The van der Waals surface area contributed by atoms with Crippen molar-refractivity contribution in [1.82, 2.24) is 4.98 Å². The topological polar surface area (TPSA) is 36.4 Å². The number of aryl methyl sites for hydroxylation is 1. The van der Waals surface area contributed by atoms with Crippen molar-refractivity contribution in [2.75, 3.05) is 18.1 Å². The van der Waals surface area contributed by atoms with E-state index >= 15 is 0 Å². The molecule has 3 nitrogen and oxygen atoms in total. The summed E-state index contributed by atoms with van der Waals surface area (Å²) in [5, 5.41) is 10.7. The fourth-order valence-electron chi connectivity index (χ4n) is 2.97. The Labute approximate surface area is 113 Å². The van der Waals surface area contributed by atoms with Crippen LogP contribution >= 0.6 is 0 Å². The van der Waals surface area contributed by atoms with Crippen molar-refractivity contribution in [1.29, 1.82) is 0 Å². The molecule has 0 spiro atoms. The summed E-state index contributed by atoms with van der Waals surface area (Å²) in [6.07, 6.45) is 3.45. The number of rotatable bonds is 2. The van der Waals surface area contributed by atoms with Crippen LogP contribution in [-0.2, 0) is 0 Å². The highest BCUT2D eigenvalue weighted by molar-refractivity contribution is 5.81. The lowest BCUT2D eigenvalue weighted by molar-refractivity contribution is 0.239. The van der Waals surface area contributed by atoms with Crippen molar-refractivity contribution in [3.05, 3.63) is 35.9 Å². The zero-order valence-corrected chi connectivity index (χ0v) is 11.3. The maximum absolute atomic E-state index is 9.56. The molecule has 19 heavy (non-hydrogen) atoms. The number of benzene rings is 1. The molecule has 100 valence electrons. The number of aromatic nitrogens is 1. The first kappa shape index (κ1) is 12.4. The highest BCUT2D eigenvalue weighted by Gasteiger charge is 2.24. The number of anilines is 1. The first-order valence-corrected chi connectivity index (χ1v) is 7.03. The van der Waals surface area contributed by atoms with Crippen LogP contribution in [0.1, 0.15) is 24.8 Å². The molecule has 0 radical (unpaired) electrons. The molecule has 0 amide bonds. The lowest BCUT2D eigenvalue weighted by Crippen LogP contribution is -2.42. The molecule has 1 saturated heterocycles. The molecule has 1 aromatic heterocycles. The standard InChI is InChI=1S/C16H20N2O/c1-12-10-13-6-2-3-8-15(13)17-16(12)18-9-5-4-7-14(18)11-19/h2-3,6,8,10,14,19H,4-5,7,9,11H2,1H3. The van der Waals surface area contributed by atoms with Gasteiger partial charge in [-0.1, -0.05) is 18.2 Å². The van der Waals surface area contributed by atoms with Gasteiger partial charge in [0.05, 0.1) is 18.2 Å². The van der Waals surface area contributed by atoms with Crippen LogP contribution in [0.2, 0.25) is 0 Å². The van der Waals surface area contributed by atoms with Crippen molar-refractivity contribution >= 4 is 16.7 Å². The van der Waals surface area contributed by atoms with Crippen LogP contribution in [0.5, 0.6) is 0 Å². The van der Waals surface area contributed by atoms with Crippen molar-refractivity contribution in [3.63, 3.8) is 0 Å². The van der Waals surface area contributed by atoms with Gasteiger partial charge in [0, 0.05) is 11.9 Å². The molecule has 2 aromatic rings. The smallest absolute Gasteiger partial charge is 0.132 e. The second-order valence-electron chi connectivity index (χ2n) is 5.35. The van der Waals surface area contributed by atoms with Gasteiger partial charge in [-0.3, -0.25) is 0 Å². The lowest BCUT2D eigenvalue weighted by atomic mass is 10.0. The van der Waals surface area contributed by atoms with Crippen LogP contribution in [0, 0.1) is 6.92 Å². The molecule has 2 heterocycles. The molecule has 0 aliphatic carbocycles. The summed E-state index contributed by atoms with van der Waals surface area (Å²) in [5.41, 5.74) is 2.23. The van der Waals surface area contributed by atoms with Gasteiger partial charge in [-0.05, 0) is 43.9 Å². The minimum atomic E-state index is 0.216. The Balaban J connectivity index is 2.05. The van der Waals surface area contributed by atoms with E-state index in [1.165, 1.54) is 23.8 Å².